The summed E-state index contributed by atoms with van der Waals surface area (Å²) in [4.78, 5) is 4.80. The maximum absolute atomic E-state index is 5.81. The van der Waals surface area contributed by atoms with Crippen LogP contribution in [0, 0.1) is 0 Å². The normalized spacial score (nSPS) is 17.3. The quantitative estimate of drug-likeness (QED) is 0.719. The van der Waals surface area contributed by atoms with Gasteiger partial charge in [0.2, 0.25) is 0 Å². The lowest BCUT2D eigenvalue weighted by Crippen LogP contribution is -2.45. The van der Waals surface area contributed by atoms with Crippen molar-refractivity contribution in [3.05, 3.63) is 29.3 Å². The molecule has 112 valence electrons. The van der Waals surface area contributed by atoms with E-state index >= 15 is 0 Å². The maximum atomic E-state index is 5.81. The van der Waals surface area contributed by atoms with Gasteiger partial charge in [0.05, 0.1) is 13.2 Å². The number of benzene rings is 1. The van der Waals surface area contributed by atoms with Crippen molar-refractivity contribution in [2.45, 2.75) is 0 Å². The van der Waals surface area contributed by atoms with Crippen LogP contribution in [0.4, 0.5) is 0 Å². The van der Waals surface area contributed by atoms with Gasteiger partial charge in [0.15, 0.2) is 0 Å². The van der Waals surface area contributed by atoms with Crippen LogP contribution in [0.5, 0.6) is 5.75 Å². The maximum Gasteiger partial charge on any atom is 0.119 e. The Kier molecular flexibility index (Phi) is 6.60. The van der Waals surface area contributed by atoms with Gasteiger partial charge in [0.1, 0.15) is 12.4 Å². The van der Waals surface area contributed by atoms with Gasteiger partial charge in [-0.05, 0) is 31.3 Å². The summed E-state index contributed by atoms with van der Waals surface area (Å²) in [5.74, 6) is 0.831. The van der Waals surface area contributed by atoms with Crippen LogP contribution in [-0.4, -0.2) is 69.4 Å². The molecule has 0 radical (unpaired) electrons. The van der Waals surface area contributed by atoms with E-state index in [4.69, 9.17) is 21.1 Å². The number of ether oxygens (including phenoxy) is 2. The molecule has 20 heavy (non-hydrogen) atoms. The van der Waals surface area contributed by atoms with Gasteiger partial charge < -0.3 is 14.4 Å². The second-order valence-corrected chi connectivity index (χ2v) is 5.50. The molecule has 0 amide bonds. The van der Waals surface area contributed by atoms with Gasteiger partial charge in [-0.15, -0.1) is 0 Å². The second kappa shape index (κ2) is 8.47. The van der Waals surface area contributed by atoms with Gasteiger partial charge in [-0.1, -0.05) is 11.6 Å². The predicted octanol–water partition coefficient (Wildman–Crippen LogP) is 1.98. The fourth-order valence-corrected chi connectivity index (χ4v) is 2.24. The fourth-order valence-electron chi connectivity index (χ4n) is 2.12. The summed E-state index contributed by atoms with van der Waals surface area (Å²) in [7, 11) is 2.17. The molecule has 0 saturated carbocycles. The minimum Gasteiger partial charge on any atom is -0.491 e. The van der Waals surface area contributed by atoms with E-state index in [1.807, 2.05) is 24.3 Å². The number of nitrogens with zero attached hydrogens (tertiary/aromatic N) is 2. The highest BCUT2D eigenvalue weighted by Gasteiger charge is 2.12. The second-order valence-electron chi connectivity index (χ2n) is 5.06. The van der Waals surface area contributed by atoms with Crippen LogP contribution in [0.15, 0.2) is 24.3 Å². The first-order valence-corrected chi connectivity index (χ1v) is 7.49. The van der Waals surface area contributed by atoms with E-state index in [0.717, 1.165) is 50.1 Å². The number of hydrogen-bond donors (Lipinski definition) is 0. The zero-order valence-electron chi connectivity index (χ0n) is 12.1. The number of halogens is 1. The summed E-state index contributed by atoms with van der Waals surface area (Å²) in [6.45, 7) is 7.56. The van der Waals surface area contributed by atoms with E-state index in [9.17, 15) is 0 Å². The van der Waals surface area contributed by atoms with Crippen molar-refractivity contribution in [3.8, 4) is 5.75 Å². The highest BCUT2D eigenvalue weighted by atomic mass is 35.5. The molecular formula is C15H23ClN2O2. The van der Waals surface area contributed by atoms with Crippen LogP contribution in [-0.2, 0) is 4.74 Å². The van der Waals surface area contributed by atoms with Crippen LogP contribution >= 0.6 is 11.6 Å². The molecule has 1 aliphatic heterocycles. The van der Waals surface area contributed by atoms with Crippen molar-refractivity contribution in [1.82, 2.24) is 9.80 Å². The predicted molar refractivity (Wildman–Crippen MR) is 81.7 cm³/mol. The SMILES string of the molecule is CN1CCN(CCOCCOc2ccc(Cl)cc2)CC1. The molecule has 1 fully saturated rings. The largest absolute Gasteiger partial charge is 0.491 e. The summed E-state index contributed by atoms with van der Waals surface area (Å²) in [5.41, 5.74) is 0. The Bertz CT molecular complexity index is 378. The lowest BCUT2D eigenvalue weighted by atomic mass is 10.3. The third-order valence-corrected chi connectivity index (χ3v) is 3.71. The zero-order chi connectivity index (χ0) is 14.2. The zero-order valence-corrected chi connectivity index (χ0v) is 12.8. The third kappa shape index (κ3) is 5.67. The molecule has 0 bridgehead atoms. The Labute approximate surface area is 126 Å². The van der Waals surface area contributed by atoms with Gasteiger partial charge >= 0.3 is 0 Å². The van der Waals surface area contributed by atoms with Crippen LogP contribution in [0.2, 0.25) is 5.02 Å². The topological polar surface area (TPSA) is 24.9 Å². The summed E-state index contributed by atoms with van der Waals surface area (Å²) in [5, 5.41) is 0.723. The smallest absolute Gasteiger partial charge is 0.119 e. The van der Waals surface area contributed by atoms with E-state index < -0.39 is 0 Å². The van der Waals surface area contributed by atoms with Crippen molar-refractivity contribution in [1.29, 1.82) is 0 Å². The molecule has 1 aliphatic rings. The van der Waals surface area contributed by atoms with Crippen LogP contribution < -0.4 is 4.74 Å². The summed E-state index contributed by atoms with van der Waals surface area (Å²) in [6.07, 6.45) is 0. The van der Waals surface area contributed by atoms with E-state index in [1.165, 1.54) is 0 Å². The summed E-state index contributed by atoms with van der Waals surface area (Å²) >= 11 is 5.81. The highest BCUT2D eigenvalue weighted by Crippen LogP contribution is 2.15. The highest BCUT2D eigenvalue weighted by molar-refractivity contribution is 6.30. The van der Waals surface area contributed by atoms with Gasteiger partial charge in [0.25, 0.3) is 0 Å². The minimum absolute atomic E-state index is 0.574. The Morgan fingerprint density at radius 3 is 2.40 bits per heavy atom. The Balaban J connectivity index is 1.48. The average Bonchev–Trinajstić information content (AvgIpc) is 2.46. The number of hydrogen-bond acceptors (Lipinski definition) is 4. The van der Waals surface area contributed by atoms with Gasteiger partial charge in [0, 0.05) is 37.7 Å². The standard InChI is InChI=1S/C15H23ClN2O2/c1-17-6-8-18(9-7-17)10-11-19-12-13-20-15-4-2-14(16)3-5-15/h2-5H,6-13H2,1H3. The number of rotatable bonds is 7. The van der Waals surface area contributed by atoms with Gasteiger partial charge in [-0.3, -0.25) is 4.90 Å². The Morgan fingerprint density at radius 1 is 1.00 bits per heavy atom. The van der Waals surface area contributed by atoms with E-state index in [1.54, 1.807) is 0 Å². The molecule has 1 aromatic rings. The molecule has 4 nitrogen and oxygen atoms in total. The van der Waals surface area contributed by atoms with Crippen molar-refractivity contribution in [3.63, 3.8) is 0 Å². The van der Waals surface area contributed by atoms with Gasteiger partial charge in [-0.25, -0.2) is 0 Å². The van der Waals surface area contributed by atoms with Crippen molar-refractivity contribution >= 4 is 11.6 Å². The molecule has 1 heterocycles. The molecular weight excluding hydrogens is 276 g/mol. The molecule has 0 aromatic heterocycles. The van der Waals surface area contributed by atoms with Crippen LogP contribution in [0.3, 0.4) is 0 Å². The molecule has 0 spiro atoms. The first-order valence-electron chi connectivity index (χ1n) is 7.11. The number of likely N-dealkylation sites (N-methyl/N-ethyl adjacent to an activating group) is 1. The van der Waals surface area contributed by atoms with Crippen molar-refractivity contribution in [2.24, 2.45) is 0 Å². The van der Waals surface area contributed by atoms with E-state index in [-0.39, 0.29) is 0 Å². The Hall–Kier alpha value is -0.810. The monoisotopic (exact) mass is 298 g/mol. The van der Waals surface area contributed by atoms with E-state index in [2.05, 4.69) is 16.8 Å². The summed E-state index contributed by atoms with van der Waals surface area (Å²) < 4.78 is 11.2. The fraction of sp³-hybridized carbons (Fsp3) is 0.600. The van der Waals surface area contributed by atoms with Crippen molar-refractivity contribution in [2.75, 3.05) is 59.6 Å². The Morgan fingerprint density at radius 2 is 1.70 bits per heavy atom. The molecule has 1 saturated heterocycles. The lowest BCUT2D eigenvalue weighted by Gasteiger charge is -2.32. The molecule has 0 N–H and O–H groups in total. The van der Waals surface area contributed by atoms with Gasteiger partial charge in [-0.2, -0.15) is 0 Å². The molecule has 5 heteroatoms. The van der Waals surface area contributed by atoms with Crippen LogP contribution in [0.1, 0.15) is 0 Å². The number of piperazine rings is 1. The first kappa shape index (κ1) is 15.6. The minimum atomic E-state index is 0.574. The third-order valence-electron chi connectivity index (χ3n) is 3.46. The first-order chi connectivity index (χ1) is 9.74. The molecule has 0 atom stereocenters. The molecule has 0 unspecified atom stereocenters. The molecule has 1 aromatic carbocycles. The lowest BCUT2D eigenvalue weighted by molar-refractivity contribution is 0.0658. The summed E-state index contributed by atoms with van der Waals surface area (Å²) in [6, 6.07) is 7.38. The van der Waals surface area contributed by atoms with E-state index in [0.29, 0.717) is 13.2 Å². The van der Waals surface area contributed by atoms with Crippen molar-refractivity contribution < 1.29 is 9.47 Å². The molecule has 2 rings (SSSR count). The molecule has 0 aliphatic carbocycles. The van der Waals surface area contributed by atoms with Crippen LogP contribution in [0.25, 0.3) is 0 Å². The average molecular weight is 299 g/mol.